The van der Waals surface area contributed by atoms with Crippen LogP contribution in [0.3, 0.4) is 0 Å². The van der Waals surface area contributed by atoms with Crippen molar-refractivity contribution in [2.24, 2.45) is 0 Å². The molecular formula is C18H15Cl2N3O. The number of nitrogens with one attached hydrogen (secondary N) is 1. The van der Waals surface area contributed by atoms with Crippen LogP contribution in [-0.2, 0) is 17.8 Å². The van der Waals surface area contributed by atoms with Gasteiger partial charge in [0, 0.05) is 16.1 Å². The van der Waals surface area contributed by atoms with Crippen molar-refractivity contribution >= 4 is 34.9 Å². The van der Waals surface area contributed by atoms with Gasteiger partial charge in [-0.05, 0) is 29.3 Å². The number of anilines is 1. The number of carbonyl (C=O) groups is 1. The first kappa shape index (κ1) is 16.6. The van der Waals surface area contributed by atoms with E-state index in [4.69, 9.17) is 23.2 Å². The van der Waals surface area contributed by atoms with Crippen LogP contribution < -0.4 is 5.32 Å². The van der Waals surface area contributed by atoms with Gasteiger partial charge in [-0.3, -0.25) is 4.79 Å². The molecule has 0 spiro atoms. The molecule has 0 saturated heterocycles. The molecule has 3 rings (SSSR count). The lowest BCUT2D eigenvalue weighted by molar-refractivity contribution is -0.115. The zero-order valence-corrected chi connectivity index (χ0v) is 14.3. The van der Waals surface area contributed by atoms with Gasteiger partial charge in [-0.15, -0.1) is 0 Å². The Labute approximate surface area is 150 Å². The normalized spacial score (nSPS) is 10.6. The molecule has 122 valence electrons. The fourth-order valence-electron chi connectivity index (χ4n) is 2.37. The third kappa shape index (κ3) is 4.16. The first-order chi connectivity index (χ1) is 11.6. The fourth-order valence-corrected chi connectivity index (χ4v) is 2.79. The van der Waals surface area contributed by atoms with E-state index in [0.29, 0.717) is 22.4 Å². The molecule has 0 atom stereocenters. The topological polar surface area (TPSA) is 46.9 Å². The van der Waals surface area contributed by atoms with Crippen molar-refractivity contribution in [2.75, 3.05) is 5.32 Å². The predicted molar refractivity (Wildman–Crippen MR) is 96.6 cm³/mol. The standard InChI is InChI=1S/C18H15Cl2N3O/c19-15-6-3-4-13(10-15)12-23-17(8-9-21-23)22-18(24)11-14-5-1-2-7-16(14)20/h1-10H,11-12H2,(H,22,24). The summed E-state index contributed by atoms with van der Waals surface area (Å²) in [6.07, 6.45) is 1.86. The van der Waals surface area contributed by atoms with Crippen LogP contribution in [0.4, 0.5) is 5.82 Å². The predicted octanol–water partition coefficient (Wildman–Crippen LogP) is 4.42. The van der Waals surface area contributed by atoms with Gasteiger partial charge in [0.1, 0.15) is 5.82 Å². The minimum Gasteiger partial charge on any atom is -0.311 e. The van der Waals surface area contributed by atoms with Crippen LogP contribution in [0.2, 0.25) is 10.0 Å². The van der Waals surface area contributed by atoms with E-state index < -0.39 is 0 Å². The van der Waals surface area contributed by atoms with Crippen molar-refractivity contribution in [3.8, 4) is 0 Å². The molecule has 0 aliphatic heterocycles. The van der Waals surface area contributed by atoms with Crippen LogP contribution in [0.5, 0.6) is 0 Å². The average Bonchev–Trinajstić information content (AvgIpc) is 2.96. The van der Waals surface area contributed by atoms with E-state index in [1.165, 1.54) is 0 Å². The molecule has 1 heterocycles. The van der Waals surface area contributed by atoms with Gasteiger partial charge in [-0.1, -0.05) is 53.5 Å². The lowest BCUT2D eigenvalue weighted by Crippen LogP contribution is -2.18. The molecular weight excluding hydrogens is 345 g/mol. The van der Waals surface area contributed by atoms with E-state index in [1.807, 2.05) is 42.5 Å². The number of nitrogens with zero attached hydrogens (tertiary/aromatic N) is 2. The van der Waals surface area contributed by atoms with Crippen molar-refractivity contribution in [1.29, 1.82) is 0 Å². The Morgan fingerprint density at radius 2 is 1.92 bits per heavy atom. The number of aromatic nitrogens is 2. The van der Waals surface area contributed by atoms with Crippen LogP contribution in [0.15, 0.2) is 60.8 Å². The number of benzene rings is 2. The second-order valence-electron chi connectivity index (χ2n) is 5.32. The minimum atomic E-state index is -0.143. The summed E-state index contributed by atoms with van der Waals surface area (Å²) in [7, 11) is 0. The second kappa shape index (κ2) is 7.51. The highest BCUT2D eigenvalue weighted by Gasteiger charge is 2.10. The number of carbonyl (C=O) groups excluding carboxylic acids is 1. The first-order valence-electron chi connectivity index (χ1n) is 7.41. The summed E-state index contributed by atoms with van der Waals surface area (Å²) in [5, 5.41) is 8.38. The third-order valence-electron chi connectivity index (χ3n) is 3.51. The van der Waals surface area contributed by atoms with Gasteiger partial charge in [0.2, 0.25) is 5.91 Å². The maximum absolute atomic E-state index is 12.3. The van der Waals surface area contributed by atoms with Crippen molar-refractivity contribution in [1.82, 2.24) is 9.78 Å². The molecule has 0 unspecified atom stereocenters. The Morgan fingerprint density at radius 3 is 2.71 bits per heavy atom. The third-order valence-corrected chi connectivity index (χ3v) is 4.12. The van der Waals surface area contributed by atoms with Gasteiger partial charge in [-0.2, -0.15) is 5.10 Å². The molecule has 3 aromatic rings. The Bertz CT molecular complexity index is 861. The number of rotatable bonds is 5. The largest absolute Gasteiger partial charge is 0.311 e. The summed E-state index contributed by atoms with van der Waals surface area (Å²) in [6.45, 7) is 0.523. The molecule has 0 radical (unpaired) electrons. The monoisotopic (exact) mass is 359 g/mol. The van der Waals surface area contributed by atoms with Crippen molar-refractivity contribution in [3.05, 3.63) is 82.0 Å². The van der Waals surface area contributed by atoms with E-state index in [0.717, 1.165) is 11.1 Å². The molecule has 24 heavy (non-hydrogen) atoms. The summed E-state index contributed by atoms with van der Waals surface area (Å²) in [6, 6.07) is 16.6. The Kier molecular flexibility index (Phi) is 5.18. The van der Waals surface area contributed by atoms with Crippen molar-refractivity contribution < 1.29 is 4.79 Å². The molecule has 0 saturated carbocycles. The van der Waals surface area contributed by atoms with Crippen molar-refractivity contribution in [2.45, 2.75) is 13.0 Å². The van der Waals surface area contributed by atoms with E-state index in [9.17, 15) is 4.79 Å². The average molecular weight is 360 g/mol. The SMILES string of the molecule is O=C(Cc1ccccc1Cl)Nc1ccnn1Cc1cccc(Cl)c1. The van der Waals surface area contributed by atoms with E-state index in [2.05, 4.69) is 10.4 Å². The molecule has 1 aromatic heterocycles. The molecule has 1 amide bonds. The van der Waals surface area contributed by atoms with E-state index in [1.54, 1.807) is 23.0 Å². The number of amides is 1. The van der Waals surface area contributed by atoms with E-state index in [-0.39, 0.29) is 12.3 Å². The number of halogens is 2. The molecule has 0 fully saturated rings. The molecule has 6 heteroatoms. The minimum absolute atomic E-state index is 0.143. The molecule has 1 N–H and O–H groups in total. The van der Waals surface area contributed by atoms with Gasteiger partial charge in [0.15, 0.2) is 0 Å². The number of hydrogen-bond acceptors (Lipinski definition) is 2. The van der Waals surface area contributed by atoms with Gasteiger partial charge < -0.3 is 5.32 Å². The lowest BCUT2D eigenvalue weighted by atomic mass is 10.1. The Hall–Kier alpha value is -2.30. The Morgan fingerprint density at radius 1 is 1.08 bits per heavy atom. The zero-order chi connectivity index (χ0) is 16.9. The first-order valence-corrected chi connectivity index (χ1v) is 8.17. The summed E-state index contributed by atoms with van der Waals surface area (Å²) in [4.78, 5) is 12.3. The summed E-state index contributed by atoms with van der Waals surface area (Å²) >= 11 is 12.1. The van der Waals surface area contributed by atoms with Crippen LogP contribution in [0.25, 0.3) is 0 Å². The molecule has 2 aromatic carbocycles. The number of hydrogen-bond donors (Lipinski definition) is 1. The maximum Gasteiger partial charge on any atom is 0.229 e. The molecule has 4 nitrogen and oxygen atoms in total. The summed E-state index contributed by atoms with van der Waals surface area (Å²) in [5.41, 5.74) is 1.80. The highest BCUT2D eigenvalue weighted by atomic mass is 35.5. The van der Waals surface area contributed by atoms with Crippen molar-refractivity contribution in [3.63, 3.8) is 0 Å². The van der Waals surface area contributed by atoms with Gasteiger partial charge in [0.05, 0.1) is 19.2 Å². The van der Waals surface area contributed by atoms with E-state index >= 15 is 0 Å². The van der Waals surface area contributed by atoms with Gasteiger partial charge >= 0.3 is 0 Å². The molecule has 0 bridgehead atoms. The summed E-state index contributed by atoms with van der Waals surface area (Å²) in [5.74, 6) is 0.489. The van der Waals surface area contributed by atoms with Crippen LogP contribution in [0, 0.1) is 0 Å². The zero-order valence-electron chi connectivity index (χ0n) is 12.7. The maximum atomic E-state index is 12.3. The van der Waals surface area contributed by atoms with Crippen LogP contribution in [-0.4, -0.2) is 15.7 Å². The smallest absolute Gasteiger partial charge is 0.229 e. The quantitative estimate of drug-likeness (QED) is 0.732. The fraction of sp³-hybridized carbons (Fsp3) is 0.111. The highest BCUT2D eigenvalue weighted by Crippen LogP contribution is 2.17. The van der Waals surface area contributed by atoms with Crippen LogP contribution >= 0.6 is 23.2 Å². The lowest BCUT2D eigenvalue weighted by Gasteiger charge is -2.10. The highest BCUT2D eigenvalue weighted by molar-refractivity contribution is 6.31. The Balaban J connectivity index is 1.69. The van der Waals surface area contributed by atoms with Gasteiger partial charge in [-0.25, -0.2) is 4.68 Å². The molecule has 0 aliphatic carbocycles. The summed E-state index contributed by atoms with van der Waals surface area (Å²) < 4.78 is 1.72. The second-order valence-corrected chi connectivity index (χ2v) is 6.16. The van der Waals surface area contributed by atoms with Gasteiger partial charge in [0.25, 0.3) is 0 Å². The molecule has 0 aliphatic rings. The van der Waals surface area contributed by atoms with Crippen LogP contribution in [0.1, 0.15) is 11.1 Å².